The first-order valence-electron chi connectivity index (χ1n) is 4.95. The maximum absolute atomic E-state index is 11.7. The van der Waals surface area contributed by atoms with Crippen LogP contribution < -0.4 is 0 Å². The zero-order chi connectivity index (χ0) is 10.8. The summed E-state index contributed by atoms with van der Waals surface area (Å²) in [5.41, 5.74) is -1.06. The molecule has 1 aliphatic rings. The van der Waals surface area contributed by atoms with Crippen LogP contribution in [0.15, 0.2) is 0 Å². The molecule has 0 N–H and O–H groups in total. The molecule has 1 rings (SSSR count). The van der Waals surface area contributed by atoms with Gasteiger partial charge in [-0.25, -0.2) is 4.79 Å². The Kier molecular flexibility index (Phi) is 3.26. The highest BCUT2D eigenvalue weighted by atomic mass is 16.5. The van der Waals surface area contributed by atoms with Crippen molar-refractivity contribution in [1.29, 1.82) is 0 Å². The minimum atomic E-state index is -1.06. The number of rotatable bonds is 2. The van der Waals surface area contributed by atoms with Gasteiger partial charge < -0.3 is 4.74 Å². The van der Waals surface area contributed by atoms with Gasteiger partial charge in [-0.05, 0) is 33.9 Å². The molecule has 0 saturated carbocycles. The van der Waals surface area contributed by atoms with Crippen LogP contribution in [0, 0.1) is 0 Å². The number of hydrogen-bond donors (Lipinski definition) is 0. The molecule has 0 radical (unpaired) electrons. The third-order valence-corrected chi connectivity index (χ3v) is 2.88. The van der Waals surface area contributed by atoms with Crippen molar-refractivity contribution >= 4 is 11.8 Å². The molecule has 0 aliphatic carbocycles. The smallest absolute Gasteiger partial charge is 0.334 e. The first-order valence-corrected chi connectivity index (χ1v) is 4.95. The number of carbonyl (C=O) groups excluding carboxylic acids is 2. The van der Waals surface area contributed by atoms with E-state index in [0.29, 0.717) is 13.0 Å². The highest BCUT2D eigenvalue weighted by molar-refractivity contribution is 6.08. The number of ether oxygens (including phenoxy) is 1. The van der Waals surface area contributed by atoms with Gasteiger partial charge in [-0.2, -0.15) is 0 Å². The van der Waals surface area contributed by atoms with Crippen LogP contribution in [-0.4, -0.2) is 42.4 Å². The van der Waals surface area contributed by atoms with E-state index in [9.17, 15) is 9.59 Å². The van der Waals surface area contributed by atoms with E-state index in [1.165, 1.54) is 0 Å². The van der Waals surface area contributed by atoms with Gasteiger partial charge >= 0.3 is 5.97 Å². The number of ketones is 1. The predicted octanol–water partition coefficient (Wildman–Crippen LogP) is 0.603. The standard InChI is InChI=1S/C10H17NO3/c1-4-14-9(13)10(2)8(12)6-5-7-11(10)3/h4-7H2,1-3H3. The molecule has 1 unspecified atom stereocenters. The van der Waals surface area contributed by atoms with Gasteiger partial charge in [-0.1, -0.05) is 0 Å². The summed E-state index contributed by atoms with van der Waals surface area (Å²) in [5, 5.41) is 0. The van der Waals surface area contributed by atoms with Crippen LogP contribution >= 0.6 is 0 Å². The van der Waals surface area contributed by atoms with Crippen LogP contribution in [0.4, 0.5) is 0 Å². The Hall–Kier alpha value is -0.900. The normalized spacial score (nSPS) is 28.9. The molecule has 1 aliphatic heterocycles. The van der Waals surface area contributed by atoms with E-state index in [0.717, 1.165) is 13.0 Å². The Morgan fingerprint density at radius 3 is 2.79 bits per heavy atom. The second-order valence-electron chi connectivity index (χ2n) is 3.74. The SMILES string of the molecule is CCOC(=O)C1(C)C(=O)CCCN1C. The Balaban J connectivity index is 2.86. The fourth-order valence-corrected chi connectivity index (χ4v) is 1.70. The molecule has 0 aromatic carbocycles. The van der Waals surface area contributed by atoms with E-state index in [1.807, 2.05) is 0 Å². The molecular weight excluding hydrogens is 182 g/mol. The van der Waals surface area contributed by atoms with E-state index in [-0.39, 0.29) is 5.78 Å². The van der Waals surface area contributed by atoms with Gasteiger partial charge in [0.1, 0.15) is 0 Å². The number of likely N-dealkylation sites (tertiary alicyclic amines) is 1. The third-order valence-electron chi connectivity index (χ3n) is 2.88. The van der Waals surface area contributed by atoms with Crippen LogP contribution in [0.25, 0.3) is 0 Å². The molecule has 1 atom stereocenters. The monoisotopic (exact) mass is 199 g/mol. The lowest BCUT2D eigenvalue weighted by molar-refractivity contribution is -0.162. The largest absolute Gasteiger partial charge is 0.464 e. The maximum Gasteiger partial charge on any atom is 0.334 e. The topological polar surface area (TPSA) is 46.6 Å². The quantitative estimate of drug-likeness (QED) is 0.482. The molecule has 4 nitrogen and oxygen atoms in total. The van der Waals surface area contributed by atoms with Gasteiger partial charge in [0.2, 0.25) is 0 Å². The summed E-state index contributed by atoms with van der Waals surface area (Å²) in [4.78, 5) is 25.1. The number of carbonyl (C=O) groups is 2. The summed E-state index contributed by atoms with van der Waals surface area (Å²) in [6.45, 7) is 4.47. The van der Waals surface area contributed by atoms with Crippen molar-refractivity contribution in [2.24, 2.45) is 0 Å². The maximum atomic E-state index is 11.7. The second-order valence-corrected chi connectivity index (χ2v) is 3.74. The Morgan fingerprint density at radius 2 is 2.29 bits per heavy atom. The van der Waals surface area contributed by atoms with Gasteiger partial charge in [-0.3, -0.25) is 9.69 Å². The second kappa shape index (κ2) is 4.09. The zero-order valence-corrected chi connectivity index (χ0v) is 9.00. The lowest BCUT2D eigenvalue weighted by Gasteiger charge is -2.38. The van der Waals surface area contributed by atoms with E-state index >= 15 is 0 Å². The number of nitrogens with zero attached hydrogens (tertiary/aromatic N) is 1. The first kappa shape index (κ1) is 11.2. The van der Waals surface area contributed by atoms with Crippen LogP contribution in [0.5, 0.6) is 0 Å². The number of likely N-dealkylation sites (N-methyl/N-ethyl adjacent to an activating group) is 1. The molecule has 14 heavy (non-hydrogen) atoms. The summed E-state index contributed by atoms with van der Waals surface area (Å²) in [6, 6.07) is 0. The zero-order valence-electron chi connectivity index (χ0n) is 9.00. The predicted molar refractivity (Wildman–Crippen MR) is 51.9 cm³/mol. The minimum Gasteiger partial charge on any atom is -0.464 e. The van der Waals surface area contributed by atoms with Crippen molar-refractivity contribution in [2.75, 3.05) is 20.2 Å². The molecule has 80 valence electrons. The van der Waals surface area contributed by atoms with E-state index in [1.54, 1.807) is 25.8 Å². The lowest BCUT2D eigenvalue weighted by atomic mass is 9.87. The highest BCUT2D eigenvalue weighted by Crippen LogP contribution is 2.24. The molecule has 0 amide bonds. The molecule has 1 fully saturated rings. The molecule has 0 bridgehead atoms. The lowest BCUT2D eigenvalue weighted by Crippen LogP contribution is -2.59. The van der Waals surface area contributed by atoms with Crippen molar-refractivity contribution in [3.63, 3.8) is 0 Å². The van der Waals surface area contributed by atoms with Crippen molar-refractivity contribution in [1.82, 2.24) is 4.90 Å². The van der Waals surface area contributed by atoms with Gasteiger partial charge in [-0.15, -0.1) is 0 Å². The molecule has 1 saturated heterocycles. The van der Waals surface area contributed by atoms with Crippen molar-refractivity contribution in [3.05, 3.63) is 0 Å². The Bertz CT molecular complexity index is 252. The van der Waals surface area contributed by atoms with Crippen molar-refractivity contribution < 1.29 is 14.3 Å². The summed E-state index contributed by atoms with van der Waals surface area (Å²) in [7, 11) is 1.79. The Morgan fingerprint density at radius 1 is 1.64 bits per heavy atom. The number of hydrogen-bond acceptors (Lipinski definition) is 4. The average molecular weight is 199 g/mol. The molecule has 0 aromatic rings. The fourth-order valence-electron chi connectivity index (χ4n) is 1.70. The van der Waals surface area contributed by atoms with E-state index < -0.39 is 11.5 Å². The number of esters is 1. The van der Waals surface area contributed by atoms with Gasteiger partial charge in [0, 0.05) is 6.42 Å². The molecular formula is C10H17NO3. The average Bonchev–Trinajstić information content (AvgIpc) is 2.14. The summed E-state index contributed by atoms with van der Waals surface area (Å²) in [5.74, 6) is -0.461. The highest BCUT2D eigenvalue weighted by Gasteiger charge is 2.47. The van der Waals surface area contributed by atoms with E-state index in [2.05, 4.69) is 0 Å². The molecule has 4 heteroatoms. The van der Waals surface area contributed by atoms with Gasteiger partial charge in [0.05, 0.1) is 6.61 Å². The van der Waals surface area contributed by atoms with Crippen LogP contribution in [0.3, 0.4) is 0 Å². The van der Waals surface area contributed by atoms with Crippen LogP contribution in [0.1, 0.15) is 26.7 Å². The summed E-state index contributed by atoms with van der Waals surface area (Å²) < 4.78 is 4.92. The summed E-state index contributed by atoms with van der Waals surface area (Å²) >= 11 is 0. The summed E-state index contributed by atoms with van der Waals surface area (Å²) in [6.07, 6.45) is 1.30. The van der Waals surface area contributed by atoms with E-state index in [4.69, 9.17) is 4.74 Å². The minimum absolute atomic E-state index is 0.0373. The molecule has 1 heterocycles. The number of Topliss-reactive ketones (excluding diaryl/α,β-unsaturated/α-hetero) is 1. The fraction of sp³-hybridized carbons (Fsp3) is 0.800. The first-order chi connectivity index (χ1) is 6.53. The van der Waals surface area contributed by atoms with Gasteiger partial charge in [0.15, 0.2) is 11.3 Å². The third kappa shape index (κ3) is 1.66. The number of piperidine rings is 1. The van der Waals surface area contributed by atoms with Crippen molar-refractivity contribution in [3.8, 4) is 0 Å². The van der Waals surface area contributed by atoms with Crippen molar-refractivity contribution in [2.45, 2.75) is 32.2 Å². The van der Waals surface area contributed by atoms with Gasteiger partial charge in [0.25, 0.3) is 0 Å². The molecule has 0 aromatic heterocycles. The Labute approximate surface area is 84.2 Å². The molecule has 0 spiro atoms. The van der Waals surface area contributed by atoms with Crippen LogP contribution in [0.2, 0.25) is 0 Å². The van der Waals surface area contributed by atoms with Crippen LogP contribution in [-0.2, 0) is 14.3 Å².